The molecule has 2 heteroatoms. The van der Waals surface area contributed by atoms with E-state index in [1.165, 1.54) is 0 Å². The van der Waals surface area contributed by atoms with Gasteiger partial charge < -0.3 is 4.74 Å². The smallest absolute Gasteiger partial charge is 0.307 e. The van der Waals surface area contributed by atoms with E-state index >= 15 is 0 Å². The zero-order valence-electron chi connectivity index (χ0n) is 16.4. The van der Waals surface area contributed by atoms with Crippen LogP contribution in [0.4, 0.5) is 0 Å². The van der Waals surface area contributed by atoms with Crippen molar-refractivity contribution in [3.8, 4) is 0 Å². The molecule has 26 heavy (non-hydrogen) atoms. The van der Waals surface area contributed by atoms with Crippen LogP contribution in [0.2, 0.25) is 0 Å². The normalized spacial score (nSPS) is 14.5. The Morgan fingerprint density at radius 2 is 1.88 bits per heavy atom. The first-order valence-corrected chi connectivity index (χ1v) is 9.45. The predicted molar refractivity (Wildman–Crippen MR) is 109 cm³/mol. The Kier molecular flexibility index (Phi) is 6.83. The molecule has 0 aliphatic rings. The topological polar surface area (TPSA) is 26.3 Å². The van der Waals surface area contributed by atoms with E-state index in [2.05, 4.69) is 51.3 Å². The summed E-state index contributed by atoms with van der Waals surface area (Å²) in [5.41, 5.74) is 3.71. The molecule has 2 aromatic rings. The van der Waals surface area contributed by atoms with Crippen molar-refractivity contribution < 1.29 is 9.53 Å². The molecule has 0 fully saturated rings. The summed E-state index contributed by atoms with van der Waals surface area (Å²) in [6, 6.07) is 14.3. The van der Waals surface area contributed by atoms with Crippen LogP contribution in [-0.4, -0.2) is 5.97 Å². The van der Waals surface area contributed by atoms with Crippen molar-refractivity contribution in [1.82, 2.24) is 0 Å². The van der Waals surface area contributed by atoms with Crippen LogP contribution in [0.25, 0.3) is 10.8 Å². The first-order chi connectivity index (χ1) is 12.4. The number of allylic oxidation sites excluding steroid dienone is 1. The highest BCUT2D eigenvalue weighted by Gasteiger charge is 2.31. The standard InChI is InChI=1S/C24H30O2/c1-6-15-24(7-2,16-18(3)4)17-23(25)26-19(5)21-14-10-12-20-11-8-9-13-22(20)21/h8-15,18-19H,1,7,16-17H2,2-5H3. The Bertz CT molecular complexity index is 793. The van der Waals surface area contributed by atoms with Crippen LogP contribution < -0.4 is 0 Å². The van der Waals surface area contributed by atoms with Crippen LogP contribution in [0.15, 0.2) is 60.9 Å². The highest BCUT2D eigenvalue weighted by atomic mass is 16.5. The van der Waals surface area contributed by atoms with Gasteiger partial charge in [0, 0.05) is 5.41 Å². The van der Waals surface area contributed by atoms with E-state index in [0.717, 1.165) is 29.2 Å². The molecule has 0 amide bonds. The molecule has 0 aromatic heterocycles. The molecule has 2 unspecified atom stereocenters. The number of rotatable bonds is 8. The molecule has 2 aromatic carbocycles. The Morgan fingerprint density at radius 1 is 1.19 bits per heavy atom. The number of carbonyl (C=O) groups is 1. The molecule has 0 N–H and O–H groups in total. The third-order valence-corrected chi connectivity index (χ3v) is 4.99. The van der Waals surface area contributed by atoms with Gasteiger partial charge in [0.05, 0.1) is 6.42 Å². The minimum atomic E-state index is -0.282. The van der Waals surface area contributed by atoms with Gasteiger partial charge >= 0.3 is 5.97 Å². The van der Waals surface area contributed by atoms with Gasteiger partial charge in [-0.05, 0) is 48.1 Å². The fourth-order valence-electron chi connectivity index (χ4n) is 3.78. The number of hydrogen-bond acceptors (Lipinski definition) is 2. The van der Waals surface area contributed by atoms with E-state index in [1.807, 2.05) is 37.3 Å². The van der Waals surface area contributed by atoms with Crippen LogP contribution in [0, 0.1) is 11.3 Å². The molecule has 138 valence electrons. The van der Waals surface area contributed by atoms with Crippen molar-refractivity contribution in [1.29, 1.82) is 0 Å². The molecule has 0 spiro atoms. The Labute approximate surface area is 157 Å². The minimum Gasteiger partial charge on any atom is -0.458 e. The fourth-order valence-corrected chi connectivity index (χ4v) is 3.78. The summed E-state index contributed by atoms with van der Waals surface area (Å²) in [6.45, 7) is 12.1. The summed E-state index contributed by atoms with van der Waals surface area (Å²) in [5, 5.41) is 2.29. The maximum atomic E-state index is 12.7. The highest BCUT2D eigenvalue weighted by molar-refractivity contribution is 5.86. The number of carbonyl (C=O) groups excluding carboxylic acids is 1. The van der Waals surface area contributed by atoms with Crippen molar-refractivity contribution in [2.45, 2.75) is 53.1 Å². The average molecular weight is 351 g/mol. The lowest BCUT2D eigenvalue weighted by molar-refractivity contribution is -0.151. The molecule has 0 aliphatic carbocycles. The molecular weight excluding hydrogens is 320 g/mol. The van der Waals surface area contributed by atoms with Gasteiger partial charge in [-0.15, -0.1) is 5.73 Å². The van der Waals surface area contributed by atoms with Crippen LogP contribution in [0.5, 0.6) is 0 Å². The van der Waals surface area contributed by atoms with Crippen molar-refractivity contribution in [3.05, 3.63) is 66.4 Å². The van der Waals surface area contributed by atoms with E-state index < -0.39 is 0 Å². The lowest BCUT2D eigenvalue weighted by atomic mass is 9.75. The minimum absolute atomic E-state index is 0.167. The molecule has 2 nitrogen and oxygen atoms in total. The van der Waals surface area contributed by atoms with Crippen molar-refractivity contribution in [3.63, 3.8) is 0 Å². The second kappa shape index (κ2) is 8.87. The molecule has 2 atom stereocenters. The van der Waals surface area contributed by atoms with E-state index in [4.69, 9.17) is 4.74 Å². The maximum absolute atomic E-state index is 12.7. The third kappa shape index (κ3) is 4.86. The van der Waals surface area contributed by atoms with Gasteiger partial charge in [0.25, 0.3) is 0 Å². The van der Waals surface area contributed by atoms with Gasteiger partial charge in [-0.1, -0.05) is 69.8 Å². The van der Waals surface area contributed by atoms with Crippen LogP contribution in [0.3, 0.4) is 0 Å². The molecule has 0 saturated carbocycles. The summed E-state index contributed by atoms with van der Waals surface area (Å²) >= 11 is 0. The molecule has 0 saturated heterocycles. The summed E-state index contributed by atoms with van der Waals surface area (Å²) in [6.07, 6.45) is 3.82. The van der Waals surface area contributed by atoms with Crippen molar-refractivity contribution in [2.24, 2.45) is 11.3 Å². The van der Waals surface area contributed by atoms with Gasteiger partial charge in [0.2, 0.25) is 0 Å². The molecule has 0 radical (unpaired) electrons. The van der Waals surface area contributed by atoms with Gasteiger partial charge in [-0.2, -0.15) is 0 Å². The number of benzene rings is 2. The SMILES string of the molecule is C=C=CC(CC)(CC(=O)OC(C)c1cccc2ccccc12)CC(C)C. The quantitative estimate of drug-likeness (QED) is 0.395. The average Bonchev–Trinajstić information content (AvgIpc) is 2.60. The molecule has 0 bridgehead atoms. The van der Waals surface area contributed by atoms with E-state index in [-0.39, 0.29) is 17.5 Å². The summed E-state index contributed by atoms with van der Waals surface area (Å²) in [7, 11) is 0. The monoisotopic (exact) mass is 350 g/mol. The predicted octanol–water partition coefficient (Wildman–Crippen LogP) is 6.62. The third-order valence-electron chi connectivity index (χ3n) is 4.99. The molecular formula is C24H30O2. The fraction of sp³-hybridized carbons (Fsp3) is 0.417. The molecule has 2 rings (SSSR count). The first kappa shape index (κ1) is 20.0. The van der Waals surface area contributed by atoms with Gasteiger partial charge in [-0.3, -0.25) is 4.79 Å². The van der Waals surface area contributed by atoms with Crippen LogP contribution in [-0.2, 0) is 9.53 Å². The summed E-state index contributed by atoms with van der Waals surface area (Å²) in [5.74, 6) is 0.322. The highest BCUT2D eigenvalue weighted by Crippen LogP contribution is 2.37. The Morgan fingerprint density at radius 3 is 2.54 bits per heavy atom. The zero-order valence-corrected chi connectivity index (χ0v) is 16.4. The second-order valence-corrected chi connectivity index (χ2v) is 7.54. The Balaban J connectivity index is 2.18. The van der Waals surface area contributed by atoms with Crippen molar-refractivity contribution in [2.75, 3.05) is 0 Å². The first-order valence-electron chi connectivity index (χ1n) is 9.45. The summed E-state index contributed by atoms with van der Waals surface area (Å²) in [4.78, 5) is 12.7. The van der Waals surface area contributed by atoms with Gasteiger partial charge in [0.15, 0.2) is 0 Å². The maximum Gasteiger partial charge on any atom is 0.307 e. The number of fused-ring (bicyclic) bond motifs is 1. The lowest BCUT2D eigenvalue weighted by Gasteiger charge is -2.30. The Hall–Kier alpha value is -2.31. The van der Waals surface area contributed by atoms with Gasteiger partial charge in [-0.25, -0.2) is 0 Å². The van der Waals surface area contributed by atoms with Crippen LogP contribution in [0.1, 0.15) is 58.6 Å². The summed E-state index contributed by atoms with van der Waals surface area (Å²) < 4.78 is 5.82. The van der Waals surface area contributed by atoms with Crippen LogP contribution >= 0.6 is 0 Å². The number of esters is 1. The molecule has 0 heterocycles. The van der Waals surface area contributed by atoms with Crippen molar-refractivity contribution >= 4 is 16.7 Å². The van der Waals surface area contributed by atoms with Gasteiger partial charge in [0.1, 0.15) is 6.10 Å². The zero-order chi connectivity index (χ0) is 19.2. The number of ether oxygens (including phenoxy) is 1. The second-order valence-electron chi connectivity index (χ2n) is 7.54. The molecule has 0 aliphatic heterocycles. The van der Waals surface area contributed by atoms with E-state index in [0.29, 0.717) is 12.3 Å². The van der Waals surface area contributed by atoms with E-state index in [1.54, 1.807) is 0 Å². The number of hydrogen-bond donors (Lipinski definition) is 0. The largest absolute Gasteiger partial charge is 0.458 e. The van der Waals surface area contributed by atoms with E-state index in [9.17, 15) is 4.79 Å². The lowest BCUT2D eigenvalue weighted by Crippen LogP contribution is -2.25.